The highest BCUT2D eigenvalue weighted by atomic mass is 14.2. The summed E-state index contributed by atoms with van der Waals surface area (Å²) < 4.78 is 0. The summed E-state index contributed by atoms with van der Waals surface area (Å²) in [6.07, 6.45) is 0. The van der Waals surface area contributed by atoms with E-state index in [0.717, 1.165) is 22.3 Å². The molecule has 0 atom stereocenters. The van der Waals surface area contributed by atoms with E-state index in [1.165, 1.54) is 43.1 Å². The zero-order valence-electron chi connectivity index (χ0n) is 20.4. The van der Waals surface area contributed by atoms with Crippen LogP contribution < -0.4 is 0 Å². The summed E-state index contributed by atoms with van der Waals surface area (Å²) in [6, 6.07) is 46.4. The number of nitrogens with zero attached hydrogens (tertiary/aromatic N) is 2. The molecular formula is C36H20N2. The van der Waals surface area contributed by atoms with Crippen LogP contribution in [-0.4, -0.2) is 0 Å². The predicted octanol–water partition coefficient (Wildman–Crippen LogP) is 9.38. The first-order chi connectivity index (χ1) is 18.7. The van der Waals surface area contributed by atoms with E-state index in [0.29, 0.717) is 11.1 Å². The number of fused-ring (bicyclic) bond motifs is 7. The van der Waals surface area contributed by atoms with Crippen LogP contribution in [0.15, 0.2) is 121 Å². The van der Waals surface area contributed by atoms with Crippen molar-refractivity contribution in [3.63, 3.8) is 0 Å². The Morgan fingerprint density at radius 1 is 0.316 bits per heavy atom. The molecular weight excluding hydrogens is 460 g/mol. The van der Waals surface area contributed by atoms with E-state index in [1.54, 1.807) is 0 Å². The smallest absolute Gasteiger partial charge is 0.0991 e. The third-order valence-corrected chi connectivity index (χ3v) is 7.52. The minimum Gasteiger partial charge on any atom is -0.192 e. The second-order valence-corrected chi connectivity index (χ2v) is 9.64. The molecule has 7 aromatic carbocycles. The van der Waals surface area contributed by atoms with E-state index in [4.69, 9.17) is 10.5 Å². The van der Waals surface area contributed by atoms with Gasteiger partial charge in [-0.15, -0.1) is 0 Å². The van der Waals surface area contributed by atoms with E-state index in [1.807, 2.05) is 48.5 Å². The van der Waals surface area contributed by atoms with Crippen molar-refractivity contribution in [2.75, 3.05) is 0 Å². The van der Waals surface area contributed by atoms with Gasteiger partial charge >= 0.3 is 0 Å². The molecule has 2 heteroatoms. The van der Waals surface area contributed by atoms with Gasteiger partial charge in [-0.05, 0) is 102 Å². The lowest BCUT2D eigenvalue weighted by Crippen LogP contribution is -1.85. The van der Waals surface area contributed by atoms with Crippen molar-refractivity contribution in [1.29, 1.82) is 10.5 Å². The maximum absolute atomic E-state index is 9.09. The minimum absolute atomic E-state index is 0.672. The lowest BCUT2D eigenvalue weighted by atomic mass is 9.92. The zero-order chi connectivity index (χ0) is 25.6. The predicted molar refractivity (Wildman–Crippen MR) is 157 cm³/mol. The van der Waals surface area contributed by atoms with Crippen LogP contribution in [0.25, 0.3) is 65.3 Å². The highest BCUT2D eigenvalue weighted by Crippen LogP contribution is 2.37. The van der Waals surface area contributed by atoms with Crippen LogP contribution in [0, 0.1) is 22.7 Å². The van der Waals surface area contributed by atoms with Crippen LogP contribution in [0.2, 0.25) is 0 Å². The Morgan fingerprint density at radius 2 is 0.632 bits per heavy atom. The van der Waals surface area contributed by atoms with Crippen LogP contribution in [0.5, 0.6) is 0 Å². The van der Waals surface area contributed by atoms with Crippen molar-refractivity contribution < 1.29 is 0 Å². The molecule has 0 aromatic heterocycles. The molecule has 0 aliphatic carbocycles. The van der Waals surface area contributed by atoms with Gasteiger partial charge in [0.25, 0.3) is 0 Å². The first kappa shape index (κ1) is 21.8. The topological polar surface area (TPSA) is 47.6 Å². The van der Waals surface area contributed by atoms with Crippen LogP contribution in [-0.2, 0) is 0 Å². The molecule has 0 aliphatic rings. The Morgan fingerprint density at radius 3 is 1.03 bits per heavy atom. The van der Waals surface area contributed by atoms with E-state index in [-0.39, 0.29) is 0 Å². The third-order valence-electron chi connectivity index (χ3n) is 7.52. The molecule has 0 saturated carbocycles. The molecule has 0 spiro atoms. The summed E-state index contributed by atoms with van der Waals surface area (Å²) in [7, 11) is 0. The van der Waals surface area contributed by atoms with Crippen molar-refractivity contribution in [3.8, 4) is 34.4 Å². The highest BCUT2D eigenvalue weighted by Gasteiger charge is 2.10. The summed E-state index contributed by atoms with van der Waals surface area (Å²) in [5, 5.41) is 28.0. The molecule has 0 heterocycles. The molecule has 2 nitrogen and oxygen atoms in total. The number of nitriles is 2. The Labute approximate surface area is 220 Å². The van der Waals surface area contributed by atoms with Crippen molar-refractivity contribution in [2.45, 2.75) is 0 Å². The fraction of sp³-hybridized carbons (Fsp3) is 0. The maximum Gasteiger partial charge on any atom is 0.0991 e. The SMILES string of the molecule is N#Cc1ccc(-c2ccc3c(ccc4c3ccc3c5ccc(-c6ccc(C#N)cc6)cc5ccc34)c2)cc1. The van der Waals surface area contributed by atoms with E-state index < -0.39 is 0 Å². The third kappa shape index (κ3) is 3.48. The second-order valence-electron chi connectivity index (χ2n) is 9.64. The van der Waals surface area contributed by atoms with Crippen molar-refractivity contribution in [2.24, 2.45) is 0 Å². The summed E-state index contributed by atoms with van der Waals surface area (Å²) in [5.74, 6) is 0. The van der Waals surface area contributed by atoms with Crippen LogP contribution in [0.3, 0.4) is 0 Å². The molecule has 0 fully saturated rings. The molecule has 0 aliphatic heterocycles. The Balaban J connectivity index is 1.34. The summed E-state index contributed by atoms with van der Waals surface area (Å²) in [6.45, 7) is 0. The summed E-state index contributed by atoms with van der Waals surface area (Å²) in [4.78, 5) is 0. The quantitative estimate of drug-likeness (QED) is 0.231. The maximum atomic E-state index is 9.09. The minimum atomic E-state index is 0.672. The van der Waals surface area contributed by atoms with Gasteiger partial charge in [0.15, 0.2) is 0 Å². The number of rotatable bonds is 2. The molecule has 0 saturated heterocycles. The normalized spacial score (nSPS) is 11.1. The molecule has 174 valence electrons. The Kier molecular flexibility index (Phi) is 4.93. The average molecular weight is 481 g/mol. The van der Waals surface area contributed by atoms with Crippen LogP contribution in [0.4, 0.5) is 0 Å². The van der Waals surface area contributed by atoms with Crippen LogP contribution in [0.1, 0.15) is 11.1 Å². The largest absolute Gasteiger partial charge is 0.192 e. The first-order valence-corrected chi connectivity index (χ1v) is 12.5. The monoisotopic (exact) mass is 480 g/mol. The highest BCUT2D eigenvalue weighted by molar-refractivity contribution is 6.22. The van der Waals surface area contributed by atoms with Gasteiger partial charge in [-0.2, -0.15) is 10.5 Å². The van der Waals surface area contributed by atoms with Crippen molar-refractivity contribution in [3.05, 3.63) is 132 Å². The lowest BCUT2D eigenvalue weighted by Gasteiger charge is -2.12. The van der Waals surface area contributed by atoms with Crippen molar-refractivity contribution >= 4 is 43.1 Å². The van der Waals surface area contributed by atoms with Gasteiger partial charge in [0.05, 0.1) is 23.3 Å². The van der Waals surface area contributed by atoms with Gasteiger partial charge in [-0.25, -0.2) is 0 Å². The Hall–Kier alpha value is -5.44. The number of benzene rings is 7. The summed E-state index contributed by atoms with van der Waals surface area (Å²) >= 11 is 0. The molecule has 0 bridgehead atoms. The van der Waals surface area contributed by atoms with Gasteiger partial charge in [0.1, 0.15) is 0 Å². The van der Waals surface area contributed by atoms with E-state index >= 15 is 0 Å². The first-order valence-electron chi connectivity index (χ1n) is 12.5. The number of hydrogen-bond acceptors (Lipinski definition) is 2. The molecule has 38 heavy (non-hydrogen) atoms. The lowest BCUT2D eigenvalue weighted by molar-refractivity contribution is 1.48. The van der Waals surface area contributed by atoms with Gasteiger partial charge in [0.2, 0.25) is 0 Å². The summed E-state index contributed by atoms with van der Waals surface area (Å²) in [5.41, 5.74) is 5.85. The van der Waals surface area contributed by atoms with Gasteiger partial charge in [-0.1, -0.05) is 84.9 Å². The Bertz CT molecular complexity index is 1970. The van der Waals surface area contributed by atoms with Crippen LogP contribution >= 0.6 is 0 Å². The van der Waals surface area contributed by atoms with Gasteiger partial charge in [0, 0.05) is 0 Å². The average Bonchev–Trinajstić information content (AvgIpc) is 3.00. The molecule has 0 amide bonds. The van der Waals surface area contributed by atoms with Gasteiger partial charge < -0.3 is 0 Å². The van der Waals surface area contributed by atoms with Crippen molar-refractivity contribution in [1.82, 2.24) is 0 Å². The van der Waals surface area contributed by atoms with Gasteiger partial charge in [-0.3, -0.25) is 0 Å². The fourth-order valence-corrected chi connectivity index (χ4v) is 5.54. The van der Waals surface area contributed by atoms with E-state index in [9.17, 15) is 0 Å². The molecule has 0 N–H and O–H groups in total. The molecule has 0 unspecified atom stereocenters. The molecule has 7 rings (SSSR count). The standard InChI is InChI=1S/C36H20N2/c37-21-23-1-5-25(6-2-23)27-9-13-31-29(19-27)11-15-35-33(31)17-18-34-32-14-10-28(20-30(32)12-16-36(34)35)26-7-3-24(22-38)4-8-26/h1-20H. The molecule has 0 radical (unpaired) electrons. The zero-order valence-corrected chi connectivity index (χ0v) is 20.4. The molecule has 7 aromatic rings. The van der Waals surface area contributed by atoms with E-state index in [2.05, 4.69) is 84.9 Å². The number of hydrogen-bond donors (Lipinski definition) is 0. The second kappa shape index (κ2) is 8.59. The fourth-order valence-electron chi connectivity index (χ4n) is 5.54.